The van der Waals surface area contributed by atoms with Gasteiger partial charge in [-0.15, -0.1) is 0 Å². The molecule has 0 unspecified atom stereocenters. The van der Waals surface area contributed by atoms with Crippen LogP contribution in [-0.4, -0.2) is 29.4 Å². The Morgan fingerprint density at radius 1 is 1.44 bits per heavy atom. The number of aryl methyl sites for hydroxylation is 1. The number of methoxy groups -OCH3 is 1. The lowest BCUT2D eigenvalue weighted by atomic mass is 10.1. The molecule has 8 heteroatoms. The molecule has 1 aliphatic carbocycles. The highest BCUT2D eigenvalue weighted by atomic mass is 16.6. The third-order valence-corrected chi connectivity index (χ3v) is 3.68. The molecular weight excluding hydrogens is 326 g/mol. The topological polar surface area (TPSA) is 107 Å². The van der Waals surface area contributed by atoms with Crippen molar-refractivity contribution in [2.45, 2.75) is 19.8 Å². The summed E-state index contributed by atoms with van der Waals surface area (Å²) in [4.78, 5) is 35.6. The van der Waals surface area contributed by atoms with Crippen LogP contribution in [0.2, 0.25) is 0 Å². The van der Waals surface area contributed by atoms with Crippen LogP contribution < -0.4 is 16.0 Å². The molecule has 3 rings (SSSR count). The van der Waals surface area contributed by atoms with Gasteiger partial charge in [-0.25, -0.2) is 4.79 Å². The van der Waals surface area contributed by atoms with Gasteiger partial charge in [0.05, 0.1) is 6.61 Å². The number of aromatic nitrogens is 2. The van der Waals surface area contributed by atoms with Gasteiger partial charge < -0.3 is 14.0 Å². The van der Waals surface area contributed by atoms with Gasteiger partial charge in [0.1, 0.15) is 11.1 Å². The van der Waals surface area contributed by atoms with Gasteiger partial charge >= 0.3 is 11.6 Å². The summed E-state index contributed by atoms with van der Waals surface area (Å²) in [5.74, 6) is 0. The third-order valence-electron chi connectivity index (χ3n) is 3.68. The van der Waals surface area contributed by atoms with E-state index in [-0.39, 0.29) is 23.7 Å². The zero-order valence-corrected chi connectivity index (χ0v) is 13.9. The van der Waals surface area contributed by atoms with Gasteiger partial charge in [-0.3, -0.25) is 9.78 Å². The number of rotatable bonds is 6. The van der Waals surface area contributed by atoms with Crippen molar-refractivity contribution in [2.75, 3.05) is 13.7 Å². The zero-order valence-electron chi connectivity index (χ0n) is 13.9. The predicted octanol–water partition coefficient (Wildman–Crippen LogP) is 1.71. The maximum Gasteiger partial charge on any atom is 0.337 e. The molecule has 1 aliphatic rings. The SMILES string of the molecule is CCc1cc(=O)oc2nc(O/N=C(\COC)C3=CCC=C3)[nH]c(=O)c12. The van der Waals surface area contributed by atoms with Crippen LogP contribution in [0.5, 0.6) is 6.01 Å². The minimum absolute atomic E-state index is 0.0773. The van der Waals surface area contributed by atoms with Crippen molar-refractivity contribution in [3.05, 3.63) is 56.2 Å². The van der Waals surface area contributed by atoms with Gasteiger partial charge in [-0.1, -0.05) is 30.3 Å². The van der Waals surface area contributed by atoms with Gasteiger partial charge in [0.15, 0.2) is 0 Å². The third kappa shape index (κ3) is 3.58. The van der Waals surface area contributed by atoms with Gasteiger partial charge in [0.2, 0.25) is 5.71 Å². The van der Waals surface area contributed by atoms with E-state index in [2.05, 4.69) is 15.1 Å². The molecule has 0 saturated carbocycles. The van der Waals surface area contributed by atoms with Crippen LogP contribution >= 0.6 is 0 Å². The fourth-order valence-electron chi connectivity index (χ4n) is 2.52. The molecular formula is C17H17N3O5. The summed E-state index contributed by atoms with van der Waals surface area (Å²) in [5.41, 5.74) is 0.901. The number of allylic oxidation sites excluding steroid dienone is 3. The number of hydrogen-bond donors (Lipinski definition) is 1. The number of aromatic amines is 1. The highest BCUT2D eigenvalue weighted by molar-refractivity contribution is 6.03. The zero-order chi connectivity index (χ0) is 17.8. The molecule has 2 aromatic heterocycles. The molecule has 0 aliphatic heterocycles. The quantitative estimate of drug-likeness (QED) is 0.632. The Labute approximate surface area is 142 Å². The van der Waals surface area contributed by atoms with E-state index in [9.17, 15) is 9.59 Å². The maximum absolute atomic E-state index is 12.3. The normalized spacial score (nSPS) is 14.2. The van der Waals surface area contributed by atoms with Crippen LogP contribution in [0, 0.1) is 0 Å². The molecule has 0 fully saturated rings. The molecule has 2 heterocycles. The van der Waals surface area contributed by atoms with Crippen LogP contribution in [0.4, 0.5) is 0 Å². The first kappa shape index (κ1) is 16.8. The highest BCUT2D eigenvalue weighted by Gasteiger charge is 2.13. The number of fused-ring (bicyclic) bond motifs is 1. The van der Waals surface area contributed by atoms with Crippen molar-refractivity contribution in [1.82, 2.24) is 9.97 Å². The molecule has 0 radical (unpaired) electrons. The van der Waals surface area contributed by atoms with E-state index in [1.807, 2.05) is 25.2 Å². The van der Waals surface area contributed by atoms with Crippen molar-refractivity contribution in [1.29, 1.82) is 0 Å². The minimum atomic E-state index is -0.571. The smallest absolute Gasteiger partial charge is 0.337 e. The molecule has 1 N–H and O–H groups in total. The molecule has 0 bridgehead atoms. The first-order valence-electron chi connectivity index (χ1n) is 7.79. The first-order valence-corrected chi connectivity index (χ1v) is 7.79. The average Bonchev–Trinajstić information content (AvgIpc) is 3.11. The van der Waals surface area contributed by atoms with Gasteiger partial charge in [-0.2, -0.15) is 4.98 Å². The van der Waals surface area contributed by atoms with Gasteiger partial charge in [0.25, 0.3) is 5.56 Å². The van der Waals surface area contributed by atoms with Crippen molar-refractivity contribution < 1.29 is 14.0 Å². The Hall–Kier alpha value is -3.00. The standard InChI is InChI=1S/C17H17N3O5/c1-3-10-8-13(21)24-16-14(10)15(22)18-17(19-16)25-20-12(9-23-2)11-6-4-5-7-11/h4,6-8H,3,5,9H2,1-2H3,(H,18,19,22)/b20-12+. The van der Waals surface area contributed by atoms with Crippen LogP contribution in [0.1, 0.15) is 18.9 Å². The predicted molar refractivity (Wildman–Crippen MR) is 92.1 cm³/mol. The lowest BCUT2D eigenvalue weighted by Gasteiger charge is -2.06. The molecule has 8 nitrogen and oxygen atoms in total. The van der Waals surface area contributed by atoms with Crippen molar-refractivity contribution in [2.24, 2.45) is 5.16 Å². The van der Waals surface area contributed by atoms with E-state index >= 15 is 0 Å². The summed E-state index contributed by atoms with van der Waals surface area (Å²) in [6.45, 7) is 2.07. The Morgan fingerprint density at radius 3 is 2.96 bits per heavy atom. The van der Waals surface area contributed by atoms with E-state index in [1.54, 1.807) is 7.11 Å². The van der Waals surface area contributed by atoms with E-state index in [1.165, 1.54) is 6.07 Å². The molecule has 0 spiro atoms. The summed E-state index contributed by atoms with van der Waals surface area (Å²) in [6.07, 6.45) is 7.18. The number of nitrogens with one attached hydrogen (secondary N) is 1. The maximum atomic E-state index is 12.3. The largest absolute Gasteiger partial charge is 0.403 e. The van der Waals surface area contributed by atoms with Crippen molar-refractivity contribution in [3.63, 3.8) is 0 Å². The lowest BCUT2D eigenvalue weighted by Crippen LogP contribution is -2.15. The molecule has 2 aromatic rings. The monoisotopic (exact) mass is 343 g/mol. The fraction of sp³-hybridized carbons (Fsp3) is 0.294. The summed E-state index contributed by atoms with van der Waals surface area (Å²) in [6, 6.07) is 1.12. The molecule has 0 amide bonds. The van der Waals surface area contributed by atoms with Crippen LogP contribution in [-0.2, 0) is 11.2 Å². The Bertz CT molecular complexity index is 997. The molecule has 0 atom stereocenters. The van der Waals surface area contributed by atoms with Crippen LogP contribution in [0.15, 0.2) is 49.0 Å². The molecule has 25 heavy (non-hydrogen) atoms. The van der Waals surface area contributed by atoms with E-state index < -0.39 is 11.2 Å². The van der Waals surface area contributed by atoms with Crippen molar-refractivity contribution >= 4 is 16.8 Å². The molecule has 0 aromatic carbocycles. The van der Waals surface area contributed by atoms with E-state index in [0.29, 0.717) is 17.7 Å². The fourth-order valence-corrected chi connectivity index (χ4v) is 2.52. The first-order chi connectivity index (χ1) is 12.1. The number of hydrogen-bond acceptors (Lipinski definition) is 7. The highest BCUT2D eigenvalue weighted by Crippen LogP contribution is 2.15. The number of nitrogens with zero attached hydrogens (tertiary/aromatic N) is 2. The number of ether oxygens (including phenoxy) is 1. The van der Waals surface area contributed by atoms with Gasteiger partial charge in [0, 0.05) is 13.2 Å². The second-order valence-corrected chi connectivity index (χ2v) is 5.36. The van der Waals surface area contributed by atoms with Crippen LogP contribution in [0.25, 0.3) is 11.1 Å². The summed E-state index contributed by atoms with van der Waals surface area (Å²) in [5, 5.41) is 4.23. The second kappa shape index (κ2) is 7.27. The second-order valence-electron chi connectivity index (χ2n) is 5.36. The molecule has 130 valence electrons. The Balaban J connectivity index is 1.99. The van der Waals surface area contributed by atoms with Gasteiger partial charge in [-0.05, 0) is 24.0 Å². The summed E-state index contributed by atoms with van der Waals surface area (Å²) in [7, 11) is 1.55. The summed E-state index contributed by atoms with van der Waals surface area (Å²) < 4.78 is 10.1. The Kier molecular flexibility index (Phi) is 4.90. The average molecular weight is 343 g/mol. The number of oxime groups is 1. The van der Waals surface area contributed by atoms with Crippen molar-refractivity contribution in [3.8, 4) is 6.01 Å². The number of H-pyrrole nitrogens is 1. The van der Waals surface area contributed by atoms with E-state index in [0.717, 1.165) is 12.0 Å². The minimum Gasteiger partial charge on any atom is -0.403 e. The molecule has 0 saturated heterocycles. The van der Waals surface area contributed by atoms with Crippen LogP contribution in [0.3, 0.4) is 0 Å². The summed E-state index contributed by atoms with van der Waals surface area (Å²) >= 11 is 0. The van der Waals surface area contributed by atoms with E-state index in [4.69, 9.17) is 14.0 Å². The Morgan fingerprint density at radius 2 is 2.28 bits per heavy atom. The lowest BCUT2D eigenvalue weighted by molar-refractivity contribution is 0.238.